The molecule has 2 aliphatic rings. The van der Waals surface area contributed by atoms with Crippen molar-refractivity contribution in [1.29, 1.82) is 0 Å². The number of nitrogens with zero attached hydrogens (tertiary/aromatic N) is 2. The fourth-order valence-electron chi connectivity index (χ4n) is 4.00. The molecule has 29 heavy (non-hydrogen) atoms. The summed E-state index contributed by atoms with van der Waals surface area (Å²) in [6.45, 7) is 4.84. The van der Waals surface area contributed by atoms with Gasteiger partial charge in [0, 0.05) is 24.4 Å². The van der Waals surface area contributed by atoms with Gasteiger partial charge in [-0.3, -0.25) is 4.79 Å². The molecular formula is C24H26N2O3. The van der Waals surface area contributed by atoms with Crippen LogP contribution in [0.1, 0.15) is 29.9 Å². The van der Waals surface area contributed by atoms with E-state index in [0.717, 1.165) is 23.4 Å². The lowest BCUT2D eigenvalue weighted by Gasteiger charge is -2.23. The SMILES string of the molecule is C=CCN(C[C@H]1CC(c2ccccc2OC)=NO1)C(=O)[C@H]1C[C@H]1c1ccccc1. The number of hydrogen-bond acceptors (Lipinski definition) is 4. The monoisotopic (exact) mass is 390 g/mol. The van der Waals surface area contributed by atoms with Crippen molar-refractivity contribution in [1.82, 2.24) is 4.90 Å². The Labute approximate surface area is 171 Å². The van der Waals surface area contributed by atoms with Crippen LogP contribution in [0.15, 0.2) is 72.4 Å². The number of methoxy groups -OCH3 is 1. The largest absolute Gasteiger partial charge is 0.496 e. The molecule has 150 valence electrons. The number of hydrogen-bond donors (Lipinski definition) is 0. The van der Waals surface area contributed by atoms with Crippen LogP contribution in [0.25, 0.3) is 0 Å². The fraction of sp³-hybridized carbons (Fsp3) is 0.333. The Morgan fingerprint density at radius 3 is 2.76 bits per heavy atom. The molecule has 1 aliphatic heterocycles. The highest BCUT2D eigenvalue weighted by molar-refractivity contribution is 6.03. The molecule has 1 amide bonds. The van der Waals surface area contributed by atoms with Crippen molar-refractivity contribution in [3.63, 3.8) is 0 Å². The van der Waals surface area contributed by atoms with Gasteiger partial charge in [-0.2, -0.15) is 0 Å². The highest BCUT2D eigenvalue weighted by Crippen LogP contribution is 2.48. The van der Waals surface area contributed by atoms with E-state index in [1.54, 1.807) is 13.2 Å². The maximum atomic E-state index is 13.1. The third kappa shape index (κ3) is 4.19. The van der Waals surface area contributed by atoms with Gasteiger partial charge < -0.3 is 14.5 Å². The van der Waals surface area contributed by atoms with Gasteiger partial charge in [0.1, 0.15) is 5.75 Å². The normalized spacial score (nSPS) is 22.4. The van der Waals surface area contributed by atoms with Crippen LogP contribution in [0.4, 0.5) is 0 Å². The number of para-hydroxylation sites is 1. The van der Waals surface area contributed by atoms with Crippen molar-refractivity contribution in [2.75, 3.05) is 20.2 Å². The van der Waals surface area contributed by atoms with Gasteiger partial charge in [-0.05, 0) is 30.0 Å². The van der Waals surface area contributed by atoms with Crippen LogP contribution < -0.4 is 4.74 Å². The van der Waals surface area contributed by atoms with E-state index in [2.05, 4.69) is 23.9 Å². The lowest BCUT2D eigenvalue weighted by Crippen LogP contribution is -2.39. The summed E-state index contributed by atoms with van der Waals surface area (Å²) in [7, 11) is 1.65. The number of benzene rings is 2. The molecule has 1 fully saturated rings. The zero-order valence-corrected chi connectivity index (χ0v) is 16.7. The zero-order valence-electron chi connectivity index (χ0n) is 16.7. The fourth-order valence-corrected chi connectivity index (χ4v) is 4.00. The predicted molar refractivity (Wildman–Crippen MR) is 113 cm³/mol. The van der Waals surface area contributed by atoms with Gasteiger partial charge in [-0.25, -0.2) is 0 Å². The van der Waals surface area contributed by atoms with E-state index in [-0.39, 0.29) is 17.9 Å². The average Bonchev–Trinajstić information content (AvgIpc) is 3.44. The van der Waals surface area contributed by atoms with Crippen LogP contribution in [-0.4, -0.2) is 42.8 Å². The Bertz CT molecular complexity index is 909. The van der Waals surface area contributed by atoms with Crippen molar-refractivity contribution in [3.8, 4) is 5.75 Å². The molecular weight excluding hydrogens is 364 g/mol. The Morgan fingerprint density at radius 2 is 2.00 bits per heavy atom. The third-order valence-corrected chi connectivity index (χ3v) is 5.57. The quantitative estimate of drug-likeness (QED) is 0.640. The summed E-state index contributed by atoms with van der Waals surface area (Å²) in [5.74, 6) is 1.32. The summed E-state index contributed by atoms with van der Waals surface area (Å²) in [5, 5.41) is 4.26. The summed E-state index contributed by atoms with van der Waals surface area (Å²) in [5.41, 5.74) is 3.03. The zero-order chi connectivity index (χ0) is 20.2. The summed E-state index contributed by atoms with van der Waals surface area (Å²) in [6.07, 6.45) is 3.17. The van der Waals surface area contributed by atoms with E-state index >= 15 is 0 Å². The van der Waals surface area contributed by atoms with Crippen molar-refractivity contribution in [2.45, 2.75) is 24.9 Å². The first-order valence-electron chi connectivity index (χ1n) is 10.0. The third-order valence-electron chi connectivity index (χ3n) is 5.57. The Hall–Kier alpha value is -3.08. The molecule has 5 nitrogen and oxygen atoms in total. The predicted octanol–water partition coefficient (Wildman–Crippen LogP) is 4.01. The molecule has 2 aromatic rings. The maximum Gasteiger partial charge on any atom is 0.226 e. The van der Waals surface area contributed by atoms with Gasteiger partial charge in [0.2, 0.25) is 5.91 Å². The molecule has 0 saturated heterocycles. The van der Waals surface area contributed by atoms with Crippen molar-refractivity contribution in [2.24, 2.45) is 11.1 Å². The van der Waals surface area contributed by atoms with Gasteiger partial charge in [-0.15, -0.1) is 6.58 Å². The molecule has 0 N–H and O–H groups in total. The minimum atomic E-state index is -0.160. The molecule has 0 unspecified atom stereocenters. The van der Waals surface area contributed by atoms with Gasteiger partial charge in [-0.1, -0.05) is 53.7 Å². The maximum absolute atomic E-state index is 13.1. The van der Waals surface area contributed by atoms with Crippen molar-refractivity contribution in [3.05, 3.63) is 78.4 Å². The molecule has 1 heterocycles. The summed E-state index contributed by atoms with van der Waals surface area (Å²) in [4.78, 5) is 20.6. The Kier molecular flexibility index (Phi) is 5.65. The molecule has 5 heteroatoms. The minimum absolute atomic E-state index is 0.0494. The van der Waals surface area contributed by atoms with Gasteiger partial charge in [0.25, 0.3) is 0 Å². The Morgan fingerprint density at radius 1 is 1.24 bits per heavy atom. The Balaban J connectivity index is 1.38. The van der Waals surface area contributed by atoms with Gasteiger partial charge in [0.15, 0.2) is 6.10 Å². The van der Waals surface area contributed by atoms with Crippen LogP contribution >= 0.6 is 0 Å². The van der Waals surface area contributed by atoms with Crippen LogP contribution in [0.3, 0.4) is 0 Å². The van der Waals surface area contributed by atoms with E-state index in [9.17, 15) is 4.79 Å². The second kappa shape index (κ2) is 8.52. The molecule has 3 atom stereocenters. The highest BCUT2D eigenvalue weighted by Gasteiger charge is 2.46. The molecule has 0 spiro atoms. The highest BCUT2D eigenvalue weighted by atomic mass is 16.6. The molecule has 4 rings (SSSR count). The molecule has 0 radical (unpaired) electrons. The van der Waals surface area contributed by atoms with Crippen LogP contribution in [0.5, 0.6) is 5.75 Å². The number of carbonyl (C=O) groups excluding carboxylic acids is 1. The number of oxime groups is 1. The van der Waals surface area contributed by atoms with Gasteiger partial charge >= 0.3 is 0 Å². The lowest BCUT2D eigenvalue weighted by molar-refractivity contribution is -0.133. The molecule has 1 saturated carbocycles. The molecule has 0 aromatic heterocycles. The van der Waals surface area contributed by atoms with E-state index in [4.69, 9.17) is 9.57 Å². The number of rotatable bonds is 8. The van der Waals surface area contributed by atoms with Crippen LogP contribution in [-0.2, 0) is 9.63 Å². The van der Waals surface area contributed by atoms with Crippen LogP contribution in [0.2, 0.25) is 0 Å². The molecule has 1 aliphatic carbocycles. The minimum Gasteiger partial charge on any atom is -0.496 e. The van der Waals surface area contributed by atoms with Gasteiger partial charge in [0.05, 0.1) is 19.4 Å². The van der Waals surface area contributed by atoms with E-state index in [1.165, 1.54) is 5.56 Å². The number of carbonyl (C=O) groups is 1. The van der Waals surface area contributed by atoms with E-state index in [1.807, 2.05) is 47.4 Å². The van der Waals surface area contributed by atoms with E-state index in [0.29, 0.717) is 25.4 Å². The topological polar surface area (TPSA) is 51.1 Å². The number of amides is 1. The summed E-state index contributed by atoms with van der Waals surface area (Å²) in [6, 6.07) is 18.0. The standard InChI is InChI=1S/C24H26N2O3/c1-3-13-26(24(27)21-15-20(21)17-9-5-4-6-10-17)16-18-14-22(25-29-18)19-11-7-8-12-23(19)28-2/h3-12,18,20-21H,1,13-16H2,2H3/t18-,20+,21+/m1/s1. The lowest BCUT2D eigenvalue weighted by atomic mass is 10.0. The summed E-state index contributed by atoms with van der Waals surface area (Å²) >= 11 is 0. The summed E-state index contributed by atoms with van der Waals surface area (Å²) < 4.78 is 5.43. The van der Waals surface area contributed by atoms with Crippen molar-refractivity contribution < 1.29 is 14.4 Å². The smallest absolute Gasteiger partial charge is 0.226 e. The second-order valence-corrected chi connectivity index (χ2v) is 7.56. The first-order valence-corrected chi connectivity index (χ1v) is 10.0. The first-order chi connectivity index (χ1) is 14.2. The first kappa shape index (κ1) is 19.2. The van der Waals surface area contributed by atoms with Crippen molar-refractivity contribution >= 4 is 11.6 Å². The van der Waals surface area contributed by atoms with E-state index < -0.39 is 0 Å². The molecule has 2 aromatic carbocycles. The molecule has 0 bridgehead atoms. The average molecular weight is 390 g/mol. The van der Waals surface area contributed by atoms with Crippen LogP contribution in [0, 0.1) is 5.92 Å². The second-order valence-electron chi connectivity index (χ2n) is 7.56. The number of ether oxygens (including phenoxy) is 1.